The SMILES string of the molecule is O=c1ncnc(Cc2ccccc2)[nH]1. The van der Waals surface area contributed by atoms with Gasteiger partial charge < -0.3 is 0 Å². The molecule has 14 heavy (non-hydrogen) atoms. The van der Waals surface area contributed by atoms with Crippen molar-refractivity contribution in [3.05, 3.63) is 58.5 Å². The molecule has 0 aliphatic heterocycles. The summed E-state index contributed by atoms with van der Waals surface area (Å²) >= 11 is 0. The Hall–Kier alpha value is -1.97. The fraction of sp³-hybridized carbons (Fsp3) is 0.100. The van der Waals surface area contributed by atoms with Crippen LogP contribution in [0.2, 0.25) is 0 Å². The van der Waals surface area contributed by atoms with Crippen molar-refractivity contribution in [2.24, 2.45) is 0 Å². The molecule has 2 rings (SSSR count). The van der Waals surface area contributed by atoms with Crippen molar-refractivity contribution in [1.82, 2.24) is 15.0 Å². The van der Waals surface area contributed by atoms with Crippen LogP contribution in [0.4, 0.5) is 0 Å². The first kappa shape index (κ1) is 8.62. The number of rotatable bonds is 2. The van der Waals surface area contributed by atoms with Gasteiger partial charge in [0.25, 0.3) is 0 Å². The van der Waals surface area contributed by atoms with Gasteiger partial charge in [-0.2, -0.15) is 4.98 Å². The molecule has 0 fully saturated rings. The van der Waals surface area contributed by atoms with Gasteiger partial charge >= 0.3 is 5.69 Å². The normalized spacial score (nSPS) is 10.0. The molecule has 0 amide bonds. The Morgan fingerprint density at radius 3 is 2.64 bits per heavy atom. The Labute approximate surface area is 80.7 Å². The zero-order valence-electron chi connectivity index (χ0n) is 7.47. The molecule has 4 heteroatoms. The molecule has 0 saturated carbocycles. The van der Waals surface area contributed by atoms with E-state index in [1.54, 1.807) is 0 Å². The van der Waals surface area contributed by atoms with Crippen molar-refractivity contribution in [2.45, 2.75) is 6.42 Å². The van der Waals surface area contributed by atoms with E-state index in [-0.39, 0.29) is 5.69 Å². The first-order valence-corrected chi connectivity index (χ1v) is 4.29. The van der Waals surface area contributed by atoms with Crippen LogP contribution < -0.4 is 5.69 Å². The fourth-order valence-electron chi connectivity index (χ4n) is 1.22. The topological polar surface area (TPSA) is 58.6 Å². The van der Waals surface area contributed by atoms with Gasteiger partial charge in [-0.05, 0) is 5.56 Å². The highest BCUT2D eigenvalue weighted by molar-refractivity contribution is 5.18. The second kappa shape index (κ2) is 3.83. The third-order valence-electron chi connectivity index (χ3n) is 1.85. The lowest BCUT2D eigenvalue weighted by Crippen LogP contribution is -2.13. The molecule has 1 N–H and O–H groups in total. The molecule has 0 saturated heterocycles. The molecule has 0 aliphatic rings. The molecule has 70 valence electrons. The number of nitrogens with zero attached hydrogens (tertiary/aromatic N) is 2. The highest BCUT2D eigenvalue weighted by Gasteiger charge is 1.97. The van der Waals surface area contributed by atoms with Gasteiger partial charge in [-0.25, -0.2) is 9.78 Å². The van der Waals surface area contributed by atoms with Crippen LogP contribution >= 0.6 is 0 Å². The molecule has 0 radical (unpaired) electrons. The summed E-state index contributed by atoms with van der Waals surface area (Å²) < 4.78 is 0. The lowest BCUT2D eigenvalue weighted by atomic mass is 10.1. The number of aromatic nitrogens is 3. The van der Waals surface area contributed by atoms with E-state index in [0.29, 0.717) is 12.2 Å². The maximum Gasteiger partial charge on any atom is 0.347 e. The predicted octanol–water partition coefficient (Wildman–Crippen LogP) is 0.756. The van der Waals surface area contributed by atoms with E-state index in [1.165, 1.54) is 6.33 Å². The average Bonchev–Trinajstić information content (AvgIpc) is 2.19. The van der Waals surface area contributed by atoms with E-state index < -0.39 is 0 Å². The molecule has 0 bridgehead atoms. The summed E-state index contributed by atoms with van der Waals surface area (Å²) in [5.74, 6) is 0.635. The molecule has 2 aromatic rings. The summed E-state index contributed by atoms with van der Waals surface area (Å²) in [6, 6.07) is 9.83. The second-order valence-corrected chi connectivity index (χ2v) is 2.91. The Bertz CT molecular complexity index is 464. The van der Waals surface area contributed by atoms with E-state index in [4.69, 9.17) is 0 Å². The number of hydrogen-bond donors (Lipinski definition) is 1. The van der Waals surface area contributed by atoms with Gasteiger partial charge in [0.1, 0.15) is 12.2 Å². The van der Waals surface area contributed by atoms with Crippen LogP contribution in [0.1, 0.15) is 11.4 Å². The lowest BCUT2D eigenvalue weighted by molar-refractivity contribution is 0.882. The fourth-order valence-corrected chi connectivity index (χ4v) is 1.22. The molecule has 4 nitrogen and oxygen atoms in total. The summed E-state index contributed by atoms with van der Waals surface area (Å²) in [6.07, 6.45) is 1.90. The first-order valence-electron chi connectivity index (χ1n) is 4.29. The van der Waals surface area contributed by atoms with E-state index >= 15 is 0 Å². The largest absolute Gasteiger partial charge is 0.347 e. The molecular weight excluding hydrogens is 178 g/mol. The first-order chi connectivity index (χ1) is 6.84. The van der Waals surface area contributed by atoms with Crippen LogP contribution in [0.3, 0.4) is 0 Å². The van der Waals surface area contributed by atoms with Gasteiger partial charge in [0.2, 0.25) is 0 Å². The molecule has 0 unspecified atom stereocenters. The summed E-state index contributed by atoms with van der Waals surface area (Å²) in [6.45, 7) is 0. The van der Waals surface area contributed by atoms with Crippen LogP contribution in [-0.2, 0) is 6.42 Å². The molecule has 1 aromatic heterocycles. The van der Waals surface area contributed by atoms with Crippen LogP contribution in [0.15, 0.2) is 41.5 Å². The molecular formula is C10H9N3O. The predicted molar refractivity (Wildman–Crippen MR) is 51.9 cm³/mol. The summed E-state index contributed by atoms with van der Waals surface area (Å²) in [5.41, 5.74) is 0.757. The molecule has 1 aromatic carbocycles. The Balaban J connectivity index is 2.24. The van der Waals surface area contributed by atoms with Gasteiger partial charge in [-0.1, -0.05) is 30.3 Å². The quantitative estimate of drug-likeness (QED) is 0.754. The zero-order chi connectivity index (χ0) is 9.80. The molecule has 1 heterocycles. The molecule has 0 spiro atoms. The maximum absolute atomic E-state index is 10.9. The van der Waals surface area contributed by atoms with E-state index in [1.807, 2.05) is 30.3 Å². The van der Waals surface area contributed by atoms with Crippen molar-refractivity contribution in [3.63, 3.8) is 0 Å². The Morgan fingerprint density at radius 2 is 1.93 bits per heavy atom. The summed E-state index contributed by atoms with van der Waals surface area (Å²) in [7, 11) is 0. The van der Waals surface area contributed by atoms with E-state index in [2.05, 4.69) is 15.0 Å². The van der Waals surface area contributed by atoms with Gasteiger partial charge in [0, 0.05) is 6.42 Å². The average molecular weight is 187 g/mol. The minimum absolute atomic E-state index is 0.356. The number of nitrogens with one attached hydrogen (secondary N) is 1. The second-order valence-electron chi connectivity index (χ2n) is 2.91. The Kier molecular flexibility index (Phi) is 2.36. The number of benzene rings is 1. The van der Waals surface area contributed by atoms with Gasteiger partial charge in [-0.15, -0.1) is 0 Å². The smallest absolute Gasteiger partial charge is 0.294 e. The van der Waals surface area contributed by atoms with Crippen molar-refractivity contribution in [2.75, 3.05) is 0 Å². The third kappa shape index (κ3) is 2.04. The number of hydrogen-bond acceptors (Lipinski definition) is 3. The number of aromatic amines is 1. The van der Waals surface area contributed by atoms with Crippen LogP contribution in [0.25, 0.3) is 0 Å². The van der Waals surface area contributed by atoms with Crippen molar-refractivity contribution in [3.8, 4) is 0 Å². The lowest BCUT2D eigenvalue weighted by Gasteiger charge is -1.98. The number of H-pyrrole nitrogens is 1. The maximum atomic E-state index is 10.9. The van der Waals surface area contributed by atoms with E-state index in [0.717, 1.165) is 5.56 Å². The third-order valence-corrected chi connectivity index (χ3v) is 1.85. The molecule has 0 atom stereocenters. The van der Waals surface area contributed by atoms with Crippen molar-refractivity contribution in [1.29, 1.82) is 0 Å². The van der Waals surface area contributed by atoms with E-state index in [9.17, 15) is 4.79 Å². The highest BCUT2D eigenvalue weighted by Crippen LogP contribution is 2.02. The van der Waals surface area contributed by atoms with Crippen molar-refractivity contribution >= 4 is 0 Å². The van der Waals surface area contributed by atoms with Crippen LogP contribution in [-0.4, -0.2) is 15.0 Å². The summed E-state index contributed by atoms with van der Waals surface area (Å²) in [4.78, 5) is 20.9. The van der Waals surface area contributed by atoms with Crippen LogP contribution in [0, 0.1) is 0 Å². The minimum Gasteiger partial charge on any atom is -0.294 e. The van der Waals surface area contributed by atoms with Gasteiger partial charge in [0.15, 0.2) is 0 Å². The monoisotopic (exact) mass is 187 g/mol. The summed E-state index contributed by atoms with van der Waals surface area (Å²) in [5, 5.41) is 0. The highest BCUT2D eigenvalue weighted by atomic mass is 16.1. The van der Waals surface area contributed by atoms with Gasteiger partial charge in [0.05, 0.1) is 0 Å². The Morgan fingerprint density at radius 1 is 1.14 bits per heavy atom. The zero-order valence-corrected chi connectivity index (χ0v) is 7.47. The van der Waals surface area contributed by atoms with Crippen LogP contribution in [0.5, 0.6) is 0 Å². The minimum atomic E-state index is -0.356. The van der Waals surface area contributed by atoms with Crippen molar-refractivity contribution < 1.29 is 0 Å². The molecule has 0 aliphatic carbocycles. The standard InChI is InChI=1S/C10H9N3O/c14-10-12-7-11-9(13-10)6-8-4-2-1-3-5-8/h1-5,7H,6H2,(H,11,12,13,14). The van der Waals surface area contributed by atoms with Gasteiger partial charge in [-0.3, -0.25) is 4.98 Å².